The van der Waals surface area contributed by atoms with Crippen molar-refractivity contribution in [2.24, 2.45) is 5.16 Å². The third-order valence-corrected chi connectivity index (χ3v) is 4.46. The van der Waals surface area contributed by atoms with E-state index in [0.29, 0.717) is 39.9 Å². The summed E-state index contributed by atoms with van der Waals surface area (Å²) in [5, 5.41) is 7.08. The summed E-state index contributed by atoms with van der Waals surface area (Å²) in [6, 6.07) is 18.3. The number of amides is 1. The molecule has 0 aliphatic carbocycles. The number of nitrogens with zero attached hydrogens (tertiary/aromatic N) is 1. The van der Waals surface area contributed by atoms with Crippen LogP contribution in [0.3, 0.4) is 0 Å². The zero-order valence-electron chi connectivity index (χ0n) is 17.4. The average molecular weight is 457 g/mol. The molecule has 8 heteroatoms. The fourth-order valence-corrected chi connectivity index (χ4v) is 2.81. The van der Waals surface area contributed by atoms with Gasteiger partial charge in [0.1, 0.15) is 12.4 Å². The molecule has 0 saturated heterocycles. The zero-order chi connectivity index (χ0) is 22.8. The van der Waals surface area contributed by atoms with Gasteiger partial charge in [-0.25, -0.2) is 4.39 Å². The molecule has 0 saturated carbocycles. The molecule has 1 amide bonds. The van der Waals surface area contributed by atoms with Gasteiger partial charge in [0.25, 0.3) is 5.91 Å². The molecule has 0 aromatic heterocycles. The number of anilines is 1. The molecule has 0 fully saturated rings. The number of halogens is 2. The zero-order valence-corrected chi connectivity index (χ0v) is 18.1. The van der Waals surface area contributed by atoms with Crippen LogP contribution in [0, 0.1) is 5.82 Å². The van der Waals surface area contributed by atoms with Gasteiger partial charge in [-0.2, -0.15) is 0 Å². The predicted octanol–water partition coefficient (Wildman–Crippen LogP) is 5.45. The first kappa shape index (κ1) is 23.1. The van der Waals surface area contributed by atoms with Crippen molar-refractivity contribution < 1.29 is 23.5 Å². The maximum atomic E-state index is 13.8. The van der Waals surface area contributed by atoms with Crippen LogP contribution in [0.2, 0.25) is 5.02 Å². The van der Waals surface area contributed by atoms with Crippen molar-refractivity contribution in [2.45, 2.75) is 13.5 Å². The molecule has 0 aliphatic heterocycles. The second-order valence-electron chi connectivity index (χ2n) is 6.58. The largest absolute Gasteiger partial charge is 0.490 e. The van der Waals surface area contributed by atoms with Crippen LogP contribution in [0.4, 0.5) is 10.1 Å². The summed E-state index contributed by atoms with van der Waals surface area (Å²) < 4.78 is 25.1. The van der Waals surface area contributed by atoms with Crippen LogP contribution in [-0.2, 0) is 16.2 Å². The molecule has 3 aromatic carbocycles. The van der Waals surface area contributed by atoms with E-state index in [2.05, 4.69) is 10.5 Å². The number of ether oxygens (including phenoxy) is 2. The topological polar surface area (TPSA) is 69.2 Å². The first-order valence-electron chi connectivity index (χ1n) is 9.89. The van der Waals surface area contributed by atoms with E-state index in [1.54, 1.807) is 60.7 Å². The monoisotopic (exact) mass is 456 g/mol. The number of hydrogen-bond acceptors (Lipinski definition) is 5. The van der Waals surface area contributed by atoms with Gasteiger partial charge < -0.3 is 19.6 Å². The first-order valence-corrected chi connectivity index (χ1v) is 10.3. The van der Waals surface area contributed by atoms with Crippen LogP contribution in [0.5, 0.6) is 11.5 Å². The minimum atomic E-state index is -0.351. The Hall–Kier alpha value is -3.58. The Balaban J connectivity index is 1.54. The van der Waals surface area contributed by atoms with Crippen molar-refractivity contribution >= 4 is 29.4 Å². The first-order chi connectivity index (χ1) is 15.5. The lowest BCUT2D eigenvalue weighted by Crippen LogP contribution is -2.16. The lowest BCUT2D eigenvalue weighted by atomic mass is 10.2. The van der Waals surface area contributed by atoms with Crippen molar-refractivity contribution in [1.82, 2.24) is 0 Å². The smallest absolute Gasteiger partial charge is 0.265 e. The molecule has 32 heavy (non-hydrogen) atoms. The van der Waals surface area contributed by atoms with E-state index < -0.39 is 0 Å². The fraction of sp³-hybridized carbons (Fsp3) is 0.167. The third-order valence-electron chi connectivity index (χ3n) is 4.21. The summed E-state index contributed by atoms with van der Waals surface area (Å²) >= 11 is 5.81. The quantitative estimate of drug-likeness (QED) is 0.325. The summed E-state index contributed by atoms with van der Waals surface area (Å²) in [5.41, 5.74) is 1.75. The Labute approximate surface area is 190 Å². The van der Waals surface area contributed by atoms with Gasteiger partial charge >= 0.3 is 0 Å². The van der Waals surface area contributed by atoms with Crippen molar-refractivity contribution in [1.29, 1.82) is 0 Å². The van der Waals surface area contributed by atoms with E-state index in [4.69, 9.17) is 25.9 Å². The lowest BCUT2D eigenvalue weighted by molar-refractivity contribution is -0.120. The number of hydrogen-bond donors (Lipinski definition) is 1. The third kappa shape index (κ3) is 6.99. The van der Waals surface area contributed by atoms with E-state index in [-0.39, 0.29) is 24.9 Å². The van der Waals surface area contributed by atoms with Gasteiger partial charge in [0.2, 0.25) is 0 Å². The molecule has 0 radical (unpaired) electrons. The van der Waals surface area contributed by atoms with Crippen molar-refractivity contribution in [3.63, 3.8) is 0 Å². The van der Waals surface area contributed by atoms with Crippen molar-refractivity contribution in [2.75, 3.05) is 18.5 Å². The molecule has 1 N–H and O–H groups in total. The summed E-state index contributed by atoms with van der Waals surface area (Å²) in [5.74, 6) is 0.298. The molecule has 3 rings (SSSR count). The highest BCUT2D eigenvalue weighted by atomic mass is 35.5. The SMILES string of the molecule is CCOc1cc(/C=N/OCC(=O)Nc2ccc(Cl)cc2)ccc1OCc1ccccc1F. The van der Waals surface area contributed by atoms with E-state index in [1.807, 2.05) is 6.92 Å². The Morgan fingerprint density at radius 2 is 1.84 bits per heavy atom. The van der Waals surface area contributed by atoms with Crippen LogP contribution in [0.15, 0.2) is 71.9 Å². The maximum Gasteiger partial charge on any atom is 0.265 e. The van der Waals surface area contributed by atoms with Crippen LogP contribution in [-0.4, -0.2) is 25.3 Å². The second kappa shape index (κ2) is 11.7. The Kier molecular flexibility index (Phi) is 8.45. The maximum absolute atomic E-state index is 13.8. The molecule has 166 valence electrons. The van der Waals surface area contributed by atoms with Crippen LogP contribution in [0.1, 0.15) is 18.1 Å². The Bertz CT molecular complexity index is 1070. The van der Waals surface area contributed by atoms with E-state index >= 15 is 0 Å². The van der Waals surface area contributed by atoms with Gasteiger partial charge in [0.05, 0.1) is 12.8 Å². The Morgan fingerprint density at radius 3 is 2.59 bits per heavy atom. The summed E-state index contributed by atoms with van der Waals surface area (Å²) in [6.45, 7) is 2.11. The molecule has 0 aliphatic rings. The van der Waals surface area contributed by atoms with Gasteiger partial charge in [0, 0.05) is 21.8 Å². The molecule has 3 aromatic rings. The second-order valence-corrected chi connectivity index (χ2v) is 7.02. The summed E-state index contributed by atoms with van der Waals surface area (Å²) in [6.07, 6.45) is 1.46. The van der Waals surface area contributed by atoms with E-state index in [1.165, 1.54) is 12.3 Å². The van der Waals surface area contributed by atoms with Crippen molar-refractivity contribution in [3.05, 3.63) is 88.7 Å². The highest BCUT2D eigenvalue weighted by molar-refractivity contribution is 6.30. The number of benzene rings is 3. The highest BCUT2D eigenvalue weighted by Crippen LogP contribution is 2.29. The molecule has 0 atom stereocenters. The minimum Gasteiger partial charge on any atom is -0.490 e. The van der Waals surface area contributed by atoms with E-state index in [0.717, 1.165) is 0 Å². The average Bonchev–Trinajstić information content (AvgIpc) is 2.79. The lowest BCUT2D eigenvalue weighted by Gasteiger charge is -2.13. The van der Waals surface area contributed by atoms with Gasteiger partial charge in [-0.15, -0.1) is 0 Å². The Morgan fingerprint density at radius 1 is 1.06 bits per heavy atom. The van der Waals surface area contributed by atoms with Crippen LogP contribution in [0.25, 0.3) is 0 Å². The number of carbonyl (C=O) groups is 1. The molecule has 0 heterocycles. The van der Waals surface area contributed by atoms with Crippen LogP contribution < -0.4 is 14.8 Å². The highest BCUT2D eigenvalue weighted by Gasteiger charge is 2.08. The summed E-state index contributed by atoms with van der Waals surface area (Å²) in [7, 11) is 0. The van der Waals surface area contributed by atoms with Crippen LogP contribution >= 0.6 is 11.6 Å². The molecule has 6 nitrogen and oxygen atoms in total. The minimum absolute atomic E-state index is 0.0754. The van der Waals surface area contributed by atoms with Gasteiger partial charge in [-0.1, -0.05) is 35.0 Å². The van der Waals surface area contributed by atoms with Gasteiger partial charge in [0.15, 0.2) is 18.1 Å². The summed E-state index contributed by atoms with van der Waals surface area (Å²) in [4.78, 5) is 17.0. The number of carbonyl (C=O) groups excluding carboxylic acids is 1. The van der Waals surface area contributed by atoms with Crippen molar-refractivity contribution in [3.8, 4) is 11.5 Å². The predicted molar refractivity (Wildman–Crippen MR) is 122 cm³/mol. The van der Waals surface area contributed by atoms with Gasteiger partial charge in [-0.3, -0.25) is 4.79 Å². The number of oxime groups is 1. The molecule has 0 bridgehead atoms. The van der Waals surface area contributed by atoms with Gasteiger partial charge in [-0.05, 0) is 55.5 Å². The molecular formula is C24H22ClFN2O4. The molecule has 0 unspecified atom stereocenters. The standard InChI is InChI=1S/C24H22ClFN2O4/c1-2-30-23-13-17(7-12-22(23)31-15-18-5-3-4-6-21(18)26)14-27-32-16-24(29)28-20-10-8-19(25)9-11-20/h3-14H,2,15-16H2,1H3,(H,28,29)/b27-14+. The van der Waals surface area contributed by atoms with E-state index in [9.17, 15) is 9.18 Å². The normalized spacial score (nSPS) is 10.7. The number of nitrogens with one attached hydrogen (secondary N) is 1. The fourth-order valence-electron chi connectivity index (χ4n) is 2.69. The molecular weight excluding hydrogens is 435 g/mol. The molecule has 0 spiro atoms. The number of rotatable bonds is 10.